The maximum absolute atomic E-state index is 11.7. The topological polar surface area (TPSA) is 41.1 Å². The van der Waals surface area contributed by atoms with Gasteiger partial charge in [-0.2, -0.15) is 0 Å². The maximum Gasteiger partial charge on any atom is 0.251 e. The van der Waals surface area contributed by atoms with E-state index in [9.17, 15) is 4.79 Å². The molecule has 0 saturated carbocycles. The molecule has 17 heavy (non-hydrogen) atoms. The monoisotopic (exact) mass is 256 g/mol. The van der Waals surface area contributed by atoms with Gasteiger partial charge in [-0.25, -0.2) is 0 Å². The van der Waals surface area contributed by atoms with E-state index in [0.29, 0.717) is 6.54 Å². The summed E-state index contributed by atoms with van der Waals surface area (Å²) >= 11 is 0. The number of amides is 1. The minimum atomic E-state index is 0. The molecule has 0 aromatic heterocycles. The van der Waals surface area contributed by atoms with Crippen molar-refractivity contribution in [3.05, 3.63) is 35.4 Å². The number of carbonyl (C=O) groups excluding carboxylic acids is 1. The molecule has 0 saturated heterocycles. The second kappa shape index (κ2) is 9.02. The predicted molar refractivity (Wildman–Crippen MR) is 73.9 cm³/mol. The fraction of sp³-hybridized carbons (Fsp3) is 0.462. The zero-order valence-electron chi connectivity index (χ0n) is 10.5. The molecular formula is C13H21ClN2O. The number of halogens is 1. The Morgan fingerprint density at radius 1 is 1.24 bits per heavy atom. The van der Waals surface area contributed by atoms with E-state index in [4.69, 9.17) is 0 Å². The molecule has 0 aliphatic rings. The lowest BCUT2D eigenvalue weighted by molar-refractivity contribution is 0.0954. The summed E-state index contributed by atoms with van der Waals surface area (Å²) in [5.74, 6) is 0.00185. The van der Waals surface area contributed by atoms with Crippen LogP contribution in [0.15, 0.2) is 24.3 Å². The molecule has 96 valence electrons. The number of nitrogens with one attached hydrogen (secondary N) is 2. The molecule has 0 bridgehead atoms. The van der Waals surface area contributed by atoms with Gasteiger partial charge in [0.05, 0.1) is 0 Å². The average Bonchev–Trinajstić information content (AvgIpc) is 2.28. The van der Waals surface area contributed by atoms with Crippen LogP contribution in [0.25, 0.3) is 0 Å². The molecule has 1 rings (SSSR count). The Hall–Kier alpha value is -1.06. The number of carbonyl (C=O) groups is 1. The van der Waals surface area contributed by atoms with Crippen LogP contribution in [0.1, 0.15) is 29.3 Å². The standard InChI is InChI=1S/C13H20N2O.ClH/c1-3-7-14-8-9-15-13(16)12-6-4-5-11(2)10-12;/h4-6,10,14H,3,7-9H2,1-2H3,(H,15,16);1H. The van der Waals surface area contributed by atoms with Gasteiger partial charge in [-0.3, -0.25) is 4.79 Å². The second-order valence-corrected chi connectivity index (χ2v) is 3.88. The van der Waals surface area contributed by atoms with Gasteiger partial charge in [0.15, 0.2) is 0 Å². The molecule has 0 aliphatic heterocycles. The summed E-state index contributed by atoms with van der Waals surface area (Å²) in [7, 11) is 0. The number of hydrogen-bond donors (Lipinski definition) is 2. The third kappa shape index (κ3) is 6.29. The van der Waals surface area contributed by atoms with E-state index in [2.05, 4.69) is 17.6 Å². The summed E-state index contributed by atoms with van der Waals surface area (Å²) in [4.78, 5) is 11.7. The lowest BCUT2D eigenvalue weighted by atomic mass is 10.1. The third-order valence-electron chi connectivity index (χ3n) is 2.29. The minimum absolute atomic E-state index is 0. The van der Waals surface area contributed by atoms with Crippen LogP contribution in [0.3, 0.4) is 0 Å². The molecule has 0 atom stereocenters. The SMILES string of the molecule is CCCNCCNC(=O)c1cccc(C)c1.Cl. The Morgan fingerprint density at radius 2 is 2.00 bits per heavy atom. The van der Waals surface area contributed by atoms with E-state index in [1.54, 1.807) is 0 Å². The second-order valence-electron chi connectivity index (χ2n) is 3.88. The molecular weight excluding hydrogens is 236 g/mol. The highest BCUT2D eigenvalue weighted by Crippen LogP contribution is 2.03. The van der Waals surface area contributed by atoms with Crippen LogP contribution in [0, 0.1) is 6.92 Å². The van der Waals surface area contributed by atoms with Crippen LogP contribution in [0.2, 0.25) is 0 Å². The van der Waals surface area contributed by atoms with E-state index in [0.717, 1.165) is 30.6 Å². The van der Waals surface area contributed by atoms with Crippen molar-refractivity contribution >= 4 is 18.3 Å². The van der Waals surface area contributed by atoms with Gasteiger partial charge in [0.1, 0.15) is 0 Å². The number of hydrogen-bond acceptors (Lipinski definition) is 2. The first-order valence-electron chi connectivity index (χ1n) is 5.79. The summed E-state index contributed by atoms with van der Waals surface area (Å²) in [6.07, 6.45) is 1.12. The molecule has 0 radical (unpaired) electrons. The van der Waals surface area contributed by atoms with Gasteiger partial charge in [-0.1, -0.05) is 24.6 Å². The molecule has 0 fully saturated rings. The Labute approximate surface area is 109 Å². The highest BCUT2D eigenvalue weighted by molar-refractivity contribution is 5.94. The molecule has 0 spiro atoms. The van der Waals surface area contributed by atoms with Crippen molar-refractivity contribution in [3.8, 4) is 0 Å². The van der Waals surface area contributed by atoms with Crippen molar-refractivity contribution in [1.82, 2.24) is 10.6 Å². The molecule has 4 heteroatoms. The van der Waals surface area contributed by atoms with Crippen LogP contribution >= 0.6 is 12.4 Å². The summed E-state index contributed by atoms with van der Waals surface area (Å²) < 4.78 is 0. The summed E-state index contributed by atoms with van der Waals surface area (Å²) in [5.41, 5.74) is 1.84. The molecule has 1 amide bonds. The molecule has 1 aromatic rings. The van der Waals surface area contributed by atoms with Gasteiger partial charge in [0, 0.05) is 18.7 Å². The van der Waals surface area contributed by atoms with Crippen molar-refractivity contribution in [2.45, 2.75) is 20.3 Å². The molecule has 0 unspecified atom stereocenters. The Kier molecular flexibility index (Phi) is 8.46. The van der Waals surface area contributed by atoms with E-state index < -0.39 is 0 Å². The van der Waals surface area contributed by atoms with E-state index in [-0.39, 0.29) is 18.3 Å². The van der Waals surface area contributed by atoms with Crippen LogP contribution in [0.5, 0.6) is 0 Å². The summed E-state index contributed by atoms with van der Waals surface area (Å²) in [6, 6.07) is 7.62. The van der Waals surface area contributed by atoms with Crippen molar-refractivity contribution in [2.24, 2.45) is 0 Å². The van der Waals surface area contributed by atoms with E-state index in [1.165, 1.54) is 0 Å². The highest BCUT2D eigenvalue weighted by atomic mass is 35.5. The van der Waals surface area contributed by atoms with E-state index in [1.807, 2.05) is 31.2 Å². The molecule has 2 N–H and O–H groups in total. The first-order valence-corrected chi connectivity index (χ1v) is 5.79. The molecule has 3 nitrogen and oxygen atoms in total. The normalized spacial score (nSPS) is 9.53. The van der Waals surface area contributed by atoms with Crippen LogP contribution in [-0.2, 0) is 0 Å². The minimum Gasteiger partial charge on any atom is -0.351 e. The van der Waals surface area contributed by atoms with Crippen molar-refractivity contribution < 1.29 is 4.79 Å². The fourth-order valence-corrected chi connectivity index (χ4v) is 1.45. The van der Waals surface area contributed by atoms with Gasteiger partial charge >= 0.3 is 0 Å². The van der Waals surface area contributed by atoms with E-state index >= 15 is 0 Å². The summed E-state index contributed by atoms with van der Waals surface area (Å²) in [6.45, 7) is 6.61. The van der Waals surface area contributed by atoms with Crippen LogP contribution in [-0.4, -0.2) is 25.5 Å². The predicted octanol–water partition coefficient (Wildman–Crippen LogP) is 2.15. The van der Waals surface area contributed by atoms with Crippen molar-refractivity contribution in [2.75, 3.05) is 19.6 Å². The van der Waals surface area contributed by atoms with Gasteiger partial charge in [0.25, 0.3) is 5.91 Å². The van der Waals surface area contributed by atoms with Gasteiger partial charge < -0.3 is 10.6 Å². The highest BCUT2D eigenvalue weighted by Gasteiger charge is 2.03. The van der Waals surface area contributed by atoms with Gasteiger partial charge in [0.2, 0.25) is 0 Å². The third-order valence-corrected chi connectivity index (χ3v) is 2.29. The smallest absolute Gasteiger partial charge is 0.251 e. The zero-order chi connectivity index (χ0) is 11.8. The van der Waals surface area contributed by atoms with Crippen molar-refractivity contribution in [3.63, 3.8) is 0 Å². The average molecular weight is 257 g/mol. The number of rotatable bonds is 6. The largest absolute Gasteiger partial charge is 0.351 e. The summed E-state index contributed by atoms with van der Waals surface area (Å²) in [5, 5.41) is 6.12. The van der Waals surface area contributed by atoms with Gasteiger partial charge in [-0.15, -0.1) is 12.4 Å². The fourth-order valence-electron chi connectivity index (χ4n) is 1.45. The Morgan fingerprint density at radius 3 is 2.65 bits per heavy atom. The lowest BCUT2D eigenvalue weighted by Gasteiger charge is -2.06. The van der Waals surface area contributed by atoms with Gasteiger partial charge in [-0.05, 0) is 32.0 Å². The maximum atomic E-state index is 11.7. The quantitative estimate of drug-likeness (QED) is 0.766. The number of aryl methyl sites for hydroxylation is 1. The first-order chi connectivity index (χ1) is 7.74. The van der Waals surface area contributed by atoms with Crippen LogP contribution in [0.4, 0.5) is 0 Å². The lowest BCUT2D eigenvalue weighted by Crippen LogP contribution is -2.32. The Balaban J connectivity index is 0.00000256. The first kappa shape index (κ1) is 15.9. The Bertz CT molecular complexity index is 342. The van der Waals surface area contributed by atoms with Crippen LogP contribution < -0.4 is 10.6 Å². The molecule has 0 heterocycles. The molecule has 0 aliphatic carbocycles. The molecule has 1 aromatic carbocycles. The number of benzene rings is 1. The zero-order valence-corrected chi connectivity index (χ0v) is 11.3. The van der Waals surface area contributed by atoms with Crippen molar-refractivity contribution in [1.29, 1.82) is 0 Å².